The maximum atomic E-state index is 6.48. The molecule has 1 fully saturated rings. The Morgan fingerprint density at radius 3 is 2.27 bits per heavy atom. The number of rotatable bonds is 5. The van der Waals surface area contributed by atoms with E-state index in [0.29, 0.717) is 16.5 Å². The van der Waals surface area contributed by atoms with E-state index in [1.165, 1.54) is 24.0 Å². The SMILES string of the molecule is COc1c(Br)cc(Cc2ccc(C3CC3)cc2)c(Cl)c1OC. The van der Waals surface area contributed by atoms with Crippen molar-refractivity contribution in [3.63, 3.8) is 0 Å². The van der Waals surface area contributed by atoms with Gasteiger partial charge in [0.1, 0.15) is 0 Å². The molecule has 1 aliphatic carbocycles. The zero-order chi connectivity index (χ0) is 15.7. The van der Waals surface area contributed by atoms with Crippen LogP contribution in [-0.4, -0.2) is 14.2 Å². The number of methoxy groups -OCH3 is 2. The highest BCUT2D eigenvalue weighted by Gasteiger charge is 2.23. The van der Waals surface area contributed by atoms with Crippen molar-refractivity contribution in [3.05, 3.63) is 56.5 Å². The average Bonchev–Trinajstić information content (AvgIpc) is 3.35. The van der Waals surface area contributed by atoms with Crippen LogP contribution in [0.4, 0.5) is 0 Å². The predicted octanol–water partition coefficient (Wildman–Crippen LogP) is 5.59. The normalized spacial score (nSPS) is 14.0. The third-order valence-corrected chi connectivity index (χ3v) is 5.04. The van der Waals surface area contributed by atoms with Gasteiger partial charge in [-0.05, 0) is 63.9 Å². The van der Waals surface area contributed by atoms with Gasteiger partial charge in [0.2, 0.25) is 0 Å². The van der Waals surface area contributed by atoms with Crippen LogP contribution in [0, 0.1) is 0 Å². The molecular formula is C18H18BrClO2. The van der Waals surface area contributed by atoms with Crippen LogP contribution >= 0.6 is 27.5 Å². The summed E-state index contributed by atoms with van der Waals surface area (Å²) >= 11 is 10.0. The van der Waals surface area contributed by atoms with Crippen molar-refractivity contribution >= 4 is 27.5 Å². The largest absolute Gasteiger partial charge is 0.492 e. The van der Waals surface area contributed by atoms with Crippen LogP contribution in [0.2, 0.25) is 5.02 Å². The highest BCUT2D eigenvalue weighted by molar-refractivity contribution is 9.10. The average molecular weight is 382 g/mol. The summed E-state index contributed by atoms with van der Waals surface area (Å²) in [4.78, 5) is 0. The standard InChI is InChI=1S/C18H18BrClO2/c1-21-17-15(19)10-14(16(20)18(17)22-2)9-11-3-5-12(6-4-11)13-7-8-13/h3-6,10,13H,7-9H2,1-2H3. The summed E-state index contributed by atoms with van der Waals surface area (Å²) in [6.45, 7) is 0. The third-order valence-electron chi connectivity index (χ3n) is 4.04. The number of hydrogen-bond acceptors (Lipinski definition) is 2. The molecule has 0 bridgehead atoms. The van der Waals surface area contributed by atoms with Gasteiger partial charge in [-0.25, -0.2) is 0 Å². The molecule has 0 spiro atoms. The molecule has 0 aromatic heterocycles. The van der Waals surface area contributed by atoms with E-state index in [4.69, 9.17) is 21.1 Å². The van der Waals surface area contributed by atoms with Crippen molar-refractivity contribution in [2.24, 2.45) is 0 Å². The topological polar surface area (TPSA) is 18.5 Å². The molecule has 0 saturated heterocycles. The molecule has 0 amide bonds. The molecule has 2 nitrogen and oxygen atoms in total. The first-order chi connectivity index (χ1) is 10.6. The molecule has 22 heavy (non-hydrogen) atoms. The summed E-state index contributed by atoms with van der Waals surface area (Å²) in [7, 11) is 3.21. The molecule has 1 aliphatic rings. The third kappa shape index (κ3) is 3.11. The first-order valence-electron chi connectivity index (χ1n) is 7.31. The van der Waals surface area contributed by atoms with E-state index < -0.39 is 0 Å². The summed E-state index contributed by atoms with van der Waals surface area (Å²) in [6, 6.07) is 10.8. The van der Waals surface area contributed by atoms with Gasteiger partial charge in [0, 0.05) is 0 Å². The van der Waals surface area contributed by atoms with Gasteiger partial charge in [-0.15, -0.1) is 0 Å². The summed E-state index contributed by atoms with van der Waals surface area (Å²) in [6.07, 6.45) is 3.42. The van der Waals surface area contributed by atoms with E-state index in [1.807, 2.05) is 6.07 Å². The van der Waals surface area contributed by atoms with Crippen LogP contribution in [0.5, 0.6) is 11.5 Å². The summed E-state index contributed by atoms with van der Waals surface area (Å²) in [5.41, 5.74) is 3.71. The first kappa shape index (κ1) is 15.7. The Hall–Kier alpha value is -1.19. The lowest BCUT2D eigenvalue weighted by atomic mass is 10.0. The van der Waals surface area contributed by atoms with Crippen LogP contribution in [0.15, 0.2) is 34.8 Å². The molecular weight excluding hydrogens is 364 g/mol. The molecule has 3 rings (SSSR count). The molecule has 0 atom stereocenters. The molecule has 0 unspecified atom stereocenters. The predicted molar refractivity (Wildman–Crippen MR) is 93.5 cm³/mol. The van der Waals surface area contributed by atoms with E-state index in [0.717, 1.165) is 22.4 Å². The van der Waals surface area contributed by atoms with Crippen LogP contribution < -0.4 is 9.47 Å². The van der Waals surface area contributed by atoms with E-state index in [9.17, 15) is 0 Å². The van der Waals surface area contributed by atoms with Gasteiger partial charge < -0.3 is 9.47 Å². The molecule has 0 radical (unpaired) electrons. The lowest BCUT2D eigenvalue weighted by Gasteiger charge is -2.15. The molecule has 4 heteroatoms. The smallest absolute Gasteiger partial charge is 0.180 e. The number of benzene rings is 2. The molecule has 2 aromatic rings. The molecule has 0 aliphatic heterocycles. The summed E-state index contributed by atoms with van der Waals surface area (Å²) in [5.74, 6) is 1.98. The van der Waals surface area contributed by atoms with Gasteiger partial charge in [-0.2, -0.15) is 0 Å². The highest BCUT2D eigenvalue weighted by atomic mass is 79.9. The molecule has 2 aromatic carbocycles. The lowest BCUT2D eigenvalue weighted by Crippen LogP contribution is -1.97. The Morgan fingerprint density at radius 2 is 1.73 bits per heavy atom. The zero-order valence-electron chi connectivity index (χ0n) is 12.7. The van der Waals surface area contributed by atoms with Gasteiger partial charge in [0.25, 0.3) is 0 Å². The maximum absolute atomic E-state index is 6.48. The summed E-state index contributed by atoms with van der Waals surface area (Å²) in [5, 5.41) is 0.605. The van der Waals surface area contributed by atoms with Crippen molar-refractivity contribution in [1.29, 1.82) is 0 Å². The highest BCUT2D eigenvalue weighted by Crippen LogP contribution is 2.44. The number of ether oxygens (including phenoxy) is 2. The van der Waals surface area contributed by atoms with E-state index in [2.05, 4.69) is 40.2 Å². The van der Waals surface area contributed by atoms with Crippen LogP contribution in [-0.2, 0) is 6.42 Å². The van der Waals surface area contributed by atoms with Gasteiger partial charge in [-0.3, -0.25) is 0 Å². The minimum atomic E-state index is 0.572. The van der Waals surface area contributed by atoms with Crippen LogP contribution in [0.3, 0.4) is 0 Å². The second-order valence-corrected chi connectivity index (χ2v) is 6.82. The Morgan fingerprint density at radius 1 is 1.09 bits per heavy atom. The van der Waals surface area contributed by atoms with Crippen molar-refractivity contribution in [1.82, 2.24) is 0 Å². The van der Waals surface area contributed by atoms with Crippen molar-refractivity contribution in [2.45, 2.75) is 25.2 Å². The second kappa shape index (κ2) is 6.51. The van der Waals surface area contributed by atoms with E-state index >= 15 is 0 Å². The lowest BCUT2D eigenvalue weighted by molar-refractivity contribution is 0.353. The monoisotopic (exact) mass is 380 g/mol. The Bertz CT molecular complexity index is 678. The Kier molecular flexibility index (Phi) is 4.65. The van der Waals surface area contributed by atoms with Crippen molar-refractivity contribution in [3.8, 4) is 11.5 Å². The van der Waals surface area contributed by atoms with Gasteiger partial charge in [-0.1, -0.05) is 35.9 Å². The fourth-order valence-electron chi connectivity index (χ4n) is 2.68. The Balaban J connectivity index is 1.89. The number of hydrogen-bond donors (Lipinski definition) is 0. The fraction of sp³-hybridized carbons (Fsp3) is 0.333. The van der Waals surface area contributed by atoms with Crippen LogP contribution in [0.1, 0.15) is 35.4 Å². The van der Waals surface area contributed by atoms with Crippen molar-refractivity contribution in [2.75, 3.05) is 14.2 Å². The quantitative estimate of drug-likeness (QED) is 0.672. The van der Waals surface area contributed by atoms with Crippen LogP contribution in [0.25, 0.3) is 0 Å². The minimum absolute atomic E-state index is 0.572. The molecule has 0 heterocycles. The molecule has 1 saturated carbocycles. The Labute approximate surface area is 144 Å². The van der Waals surface area contributed by atoms with Gasteiger partial charge in [0.15, 0.2) is 11.5 Å². The molecule has 116 valence electrons. The van der Waals surface area contributed by atoms with Crippen molar-refractivity contribution < 1.29 is 9.47 Å². The maximum Gasteiger partial charge on any atom is 0.180 e. The fourth-order valence-corrected chi connectivity index (χ4v) is 3.58. The molecule has 0 N–H and O–H groups in total. The zero-order valence-corrected chi connectivity index (χ0v) is 15.0. The van der Waals surface area contributed by atoms with Gasteiger partial charge in [0.05, 0.1) is 23.7 Å². The number of halogens is 2. The second-order valence-electron chi connectivity index (χ2n) is 5.59. The summed E-state index contributed by atoms with van der Waals surface area (Å²) < 4.78 is 11.6. The van der Waals surface area contributed by atoms with Gasteiger partial charge >= 0.3 is 0 Å². The van der Waals surface area contributed by atoms with E-state index in [1.54, 1.807) is 14.2 Å². The van der Waals surface area contributed by atoms with E-state index in [-0.39, 0.29) is 0 Å². The first-order valence-corrected chi connectivity index (χ1v) is 8.48. The minimum Gasteiger partial charge on any atom is -0.492 e.